The summed E-state index contributed by atoms with van der Waals surface area (Å²) in [5.41, 5.74) is 24.9. The van der Waals surface area contributed by atoms with E-state index in [0.29, 0.717) is 5.57 Å². The van der Waals surface area contributed by atoms with E-state index in [1.807, 2.05) is 97.1 Å². The second-order valence-electron chi connectivity index (χ2n) is 33.5. The molecule has 0 fully saturated rings. The quantitative estimate of drug-likeness (QED) is 0.0182. The number of hydrogen-bond acceptors (Lipinski definition) is 22. The summed E-state index contributed by atoms with van der Waals surface area (Å²) in [6.07, 6.45) is 0. The van der Waals surface area contributed by atoms with Crippen LogP contribution in [0.4, 0.5) is 102 Å². The number of ether oxygens (including phenoxy) is 10. The summed E-state index contributed by atoms with van der Waals surface area (Å²) in [6, 6.07) is 131. The van der Waals surface area contributed by atoms with E-state index in [0.717, 1.165) is 232 Å². The van der Waals surface area contributed by atoms with Gasteiger partial charge < -0.3 is 76.8 Å². The molecule has 22 heteroatoms. The van der Waals surface area contributed by atoms with Crippen LogP contribution in [0.2, 0.25) is 0 Å². The van der Waals surface area contributed by atoms with Gasteiger partial charge in [-0.05, 0) is 386 Å². The molecule has 16 aromatic carbocycles. The van der Waals surface area contributed by atoms with Gasteiger partial charge >= 0.3 is 11.9 Å². The molecule has 0 bridgehead atoms. The van der Waals surface area contributed by atoms with Crippen LogP contribution in [0.15, 0.2) is 401 Å². The Balaban J connectivity index is 0.601. The smallest absolute Gasteiger partial charge is 0.346 e. The molecule has 18 nitrogen and oxygen atoms in total. The maximum absolute atomic E-state index is 14.6. The molecule has 0 N–H and O–H groups in total. The van der Waals surface area contributed by atoms with Gasteiger partial charge in [0.05, 0.1) is 92.8 Å². The van der Waals surface area contributed by atoms with Gasteiger partial charge in [-0.1, -0.05) is 72.1 Å². The first-order chi connectivity index (χ1) is 69.7. The lowest BCUT2D eigenvalue weighted by Gasteiger charge is -2.35. The summed E-state index contributed by atoms with van der Waals surface area (Å²) in [6.45, 7) is 3.58. The summed E-state index contributed by atoms with van der Waals surface area (Å²) in [4.78, 5) is 51.3. The molecule has 2 aromatic heterocycles. The number of hydrogen-bond donors (Lipinski definition) is 0. The molecule has 0 spiro atoms. The fourth-order valence-corrected chi connectivity index (χ4v) is 22.8. The molecule has 4 heterocycles. The molecule has 702 valence electrons. The predicted octanol–water partition coefficient (Wildman–Crippen LogP) is 32.2. The Hall–Kier alpha value is -16.5. The number of carbonyl (C=O) groups is 2. The van der Waals surface area contributed by atoms with E-state index >= 15 is 0 Å². The SMILES string of the molecule is CCOC(=O)C(C(=O)OCC)=C1c2cc(-c3ccc(-c4ccc(N5c6ccc(N(c7ccc(OC)cc7)c7ccc(OC)cc7)cc6Sc6cc(N(c7ccc(OC)cc7)c7ccc(OC)cc7)ccc65)cc4)s3)ccc2-c2ccc(-c3ccc(-c4ccc(N5c6ccc(N(c7ccc(OC)cc7)c7ccc(OC)cc7)cc6Sc6cc(N(c7ccc(OC)cc7)c7ccc(OC)cc7)ccc65)cc4)s3)cc21. The Labute approximate surface area is 841 Å². The molecule has 21 rings (SSSR count). The van der Waals surface area contributed by atoms with Gasteiger partial charge in [-0.25, -0.2) is 9.59 Å². The molecule has 18 aromatic rings. The fourth-order valence-electron chi connectivity index (χ4n) is 18.6. The van der Waals surface area contributed by atoms with Crippen molar-refractivity contribution in [2.24, 2.45) is 0 Å². The highest BCUT2D eigenvalue weighted by Crippen LogP contribution is 2.59. The number of rotatable bonds is 30. The zero-order valence-electron chi connectivity index (χ0n) is 79.4. The maximum Gasteiger partial charge on any atom is 0.346 e. The zero-order chi connectivity index (χ0) is 97.2. The monoisotopic (exact) mass is 1940 g/mol. The third kappa shape index (κ3) is 17.9. The molecular formula is C120H96N6O12S4. The summed E-state index contributed by atoms with van der Waals surface area (Å²) in [5.74, 6) is 4.56. The highest BCUT2D eigenvalue weighted by molar-refractivity contribution is 8.00. The van der Waals surface area contributed by atoms with Gasteiger partial charge in [0.25, 0.3) is 0 Å². The summed E-state index contributed by atoms with van der Waals surface area (Å²) in [5, 5.41) is 0. The average molecular weight is 1940 g/mol. The maximum atomic E-state index is 14.6. The lowest BCUT2D eigenvalue weighted by Crippen LogP contribution is -2.20. The van der Waals surface area contributed by atoms with Gasteiger partial charge in [-0.2, -0.15) is 0 Å². The van der Waals surface area contributed by atoms with Crippen LogP contribution >= 0.6 is 46.2 Å². The van der Waals surface area contributed by atoms with E-state index in [1.54, 1.807) is 117 Å². The average Bonchev–Trinajstić information content (AvgIpc) is 1.55. The molecule has 0 unspecified atom stereocenters. The molecule has 0 saturated carbocycles. The Morgan fingerprint density at radius 2 is 0.444 bits per heavy atom. The third-order valence-electron chi connectivity index (χ3n) is 25.5. The van der Waals surface area contributed by atoms with E-state index in [9.17, 15) is 9.59 Å². The van der Waals surface area contributed by atoms with Crippen molar-refractivity contribution in [3.05, 3.63) is 393 Å². The lowest BCUT2D eigenvalue weighted by molar-refractivity contribution is -0.146. The highest BCUT2D eigenvalue weighted by atomic mass is 32.2. The van der Waals surface area contributed by atoms with Crippen molar-refractivity contribution in [1.82, 2.24) is 0 Å². The number of methoxy groups -OCH3 is 8. The molecule has 0 radical (unpaired) electrons. The van der Waals surface area contributed by atoms with Crippen LogP contribution in [0.1, 0.15) is 25.0 Å². The largest absolute Gasteiger partial charge is 0.497 e. The molecule has 142 heavy (non-hydrogen) atoms. The number of fused-ring (bicyclic) bond motifs is 7. The Bertz CT molecular complexity index is 6810. The van der Waals surface area contributed by atoms with Crippen LogP contribution < -0.4 is 67.3 Å². The van der Waals surface area contributed by atoms with Crippen LogP contribution in [0.5, 0.6) is 46.0 Å². The van der Waals surface area contributed by atoms with Crippen molar-refractivity contribution >= 4 is 166 Å². The van der Waals surface area contributed by atoms with Crippen molar-refractivity contribution in [3.63, 3.8) is 0 Å². The molecule has 0 atom stereocenters. The van der Waals surface area contributed by atoms with Crippen LogP contribution in [0.25, 0.3) is 58.5 Å². The number of esters is 2. The van der Waals surface area contributed by atoms with Gasteiger partial charge in [0.1, 0.15) is 46.0 Å². The Kier molecular flexibility index (Phi) is 26.0. The van der Waals surface area contributed by atoms with E-state index < -0.39 is 11.9 Å². The van der Waals surface area contributed by atoms with Crippen LogP contribution in [-0.2, 0) is 19.1 Å². The van der Waals surface area contributed by atoms with Crippen molar-refractivity contribution in [2.45, 2.75) is 33.4 Å². The van der Waals surface area contributed by atoms with Crippen molar-refractivity contribution in [3.8, 4) is 98.9 Å². The van der Waals surface area contributed by atoms with Gasteiger partial charge in [0, 0.05) is 124 Å². The van der Waals surface area contributed by atoms with Gasteiger partial charge in [-0.15, -0.1) is 22.7 Å². The number of anilines is 18. The molecule has 2 aliphatic heterocycles. The lowest BCUT2D eigenvalue weighted by atomic mass is 9.95. The van der Waals surface area contributed by atoms with Crippen LogP contribution in [0, 0.1) is 0 Å². The number of nitrogens with zero attached hydrogens (tertiary/aromatic N) is 6. The topological polar surface area (TPSA) is 146 Å². The fraction of sp³-hybridized carbons (Fsp3) is 0.100. The number of benzene rings is 16. The van der Waals surface area contributed by atoms with Crippen molar-refractivity contribution < 1.29 is 57.0 Å². The minimum Gasteiger partial charge on any atom is -0.497 e. The summed E-state index contributed by atoms with van der Waals surface area (Å²) < 4.78 is 56.8. The van der Waals surface area contributed by atoms with E-state index in [2.05, 4.69) is 308 Å². The molecular weight excluding hydrogens is 1850 g/mol. The number of carbonyl (C=O) groups excluding carboxylic acids is 2. The highest BCUT2D eigenvalue weighted by Gasteiger charge is 2.37. The predicted molar refractivity (Wildman–Crippen MR) is 577 cm³/mol. The third-order valence-corrected chi connectivity index (χ3v) is 30.1. The van der Waals surface area contributed by atoms with E-state index in [1.165, 1.54) is 0 Å². The van der Waals surface area contributed by atoms with Crippen molar-refractivity contribution in [1.29, 1.82) is 0 Å². The van der Waals surface area contributed by atoms with Gasteiger partial charge in [0.15, 0.2) is 5.57 Å². The first-order valence-electron chi connectivity index (χ1n) is 46.3. The molecule has 0 amide bonds. The van der Waals surface area contributed by atoms with E-state index in [4.69, 9.17) is 47.4 Å². The second-order valence-corrected chi connectivity index (χ2v) is 37.9. The standard InChI is InChI=1S/C120H96N6O12S4/c1-11-137-119(127)118(120(128)138-12-2)117-103-69-77(111-67-65-109(139-111)75-13-19-87(20-14-75)125-105-61-39-89(121(79-23-43-93(129-3)44-24-79)80-25-45-94(130-4)46-26-80)71-113(105)141-114-72-90(40-62-106(114)125)122(81-27-47-95(131-5)48-28-81)82-29-49-96(132-6)50-30-82)17-59-101(103)102-60-18-78(70-104(102)117)112-68-66-110(140-112)76-15-21-88(22-16-76)126-107-63-41-91(123(83-31-51-97(133-7)52-32-83)84-33-53-98(134-8)54-34-84)73-115(107)142-116-74-92(42-64-108(116)126)124(85-35-55-99(135-9)56-36-85)86-37-57-100(136-10)58-38-86/h13-74H,11-12H2,1-10H3. The van der Waals surface area contributed by atoms with Crippen molar-refractivity contribution in [2.75, 3.05) is 99.5 Å². The number of thiophene rings is 2. The summed E-state index contributed by atoms with van der Waals surface area (Å²) in [7, 11) is 13.4. The molecule has 1 aliphatic carbocycles. The second kappa shape index (κ2) is 40.1. The summed E-state index contributed by atoms with van der Waals surface area (Å²) >= 11 is 6.81. The van der Waals surface area contributed by atoms with Crippen LogP contribution in [0.3, 0.4) is 0 Å². The van der Waals surface area contributed by atoms with E-state index in [-0.39, 0.29) is 18.8 Å². The Morgan fingerprint density at radius 1 is 0.232 bits per heavy atom. The minimum atomic E-state index is -0.756. The first-order valence-corrected chi connectivity index (χ1v) is 49.6. The minimum absolute atomic E-state index is 0.0489. The van der Waals surface area contributed by atoms with Gasteiger partial charge in [-0.3, -0.25) is 0 Å². The molecule has 3 aliphatic rings. The molecule has 0 saturated heterocycles. The normalized spacial score (nSPS) is 11.9. The van der Waals surface area contributed by atoms with Gasteiger partial charge in [0.2, 0.25) is 0 Å². The Morgan fingerprint density at radius 3 is 0.662 bits per heavy atom. The van der Waals surface area contributed by atoms with Crippen LogP contribution in [-0.4, -0.2) is 82.0 Å². The first kappa shape index (κ1) is 91.9. The zero-order valence-corrected chi connectivity index (χ0v) is 82.7.